The molecule has 0 aliphatic carbocycles. The first kappa shape index (κ1) is 15.8. The zero-order valence-electron chi connectivity index (χ0n) is 11.2. The number of halogens is 2. The van der Waals surface area contributed by atoms with Crippen LogP contribution in [-0.2, 0) is 16.6 Å². The summed E-state index contributed by atoms with van der Waals surface area (Å²) < 4.78 is 40.1. The van der Waals surface area contributed by atoms with E-state index in [1.54, 1.807) is 19.2 Å². The van der Waals surface area contributed by atoms with E-state index in [4.69, 9.17) is 11.6 Å². The number of sulfonamides is 1. The largest absolute Gasteiger partial charge is 0.316 e. The van der Waals surface area contributed by atoms with Crippen molar-refractivity contribution in [1.82, 2.24) is 5.32 Å². The van der Waals surface area contributed by atoms with Crippen LogP contribution in [-0.4, -0.2) is 15.5 Å². The third kappa shape index (κ3) is 4.17. The van der Waals surface area contributed by atoms with Gasteiger partial charge in [0.2, 0.25) is 0 Å². The molecule has 2 rings (SSSR count). The molecule has 0 spiro atoms. The van der Waals surface area contributed by atoms with Crippen molar-refractivity contribution in [3.8, 4) is 0 Å². The van der Waals surface area contributed by atoms with Crippen LogP contribution in [0.25, 0.3) is 0 Å². The van der Waals surface area contributed by atoms with Crippen molar-refractivity contribution < 1.29 is 12.8 Å². The molecule has 0 atom stereocenters. The third-order valence-electron chi connectivity index (χ3n) is 2.70. The second kappa shape index (κ2) is 6.43. The van der Waals surface area contributed by atoms with Crippen LogP contribution >= 0.6 is 11.6 Å². The van der Waals surface area contributed by atoms with Crippen LogP contribution in [0.5, 0.6) is 0 Å². The molecular weight excluding hydrogens is 315 g/mol. The molecule has 4 nitrogen and oxygen atoms in total. The number of hydrogen-bond acceptors (Lipinski definition) is 3. The molecule has 0 unspecified atom stereocenters. The minimum absolute atomic E-state index is 0.0824. The average molecular weight is 329 g/mol. The lowest BCUT2D eigenvalue weighted by atomic mass is 10.2. The van der Waals surface area contributed by atoms with Gasteiger partial charge in [0.1, 0.15) is 5.82 Å². The van der Waals surface area contributed by atoms with Crippen LogP contribution < -0.4 is 10.0 Å². The molecule has 2 aromatic rings. The first-order valence-corrected chi connectivity index (χ1v) is 7.99. The van der Waals surface area contributed by atoms with E-state index in [2.05, 4.69) is 10.0 Å². The first-order chi connectivity index (χ1) is 9.90. The van der Waals surface area contributed by atoms with Gasteiger partial charge in [-0.05, 0) is 42.9 Å². The van der Waals surface area contributed by atoms with Crippen molar-refractivity contribution in [1.29, 1.82) is 0 Å². The van der Waals surface area contributed by atoms with E-state index in [0.717, 1.165) is 17.7 Å². The third-order valence-corrected chi connectivity index (χ3v) is 4.30. The minimum atomic E-state index is -3.79. The van der Waals surface area contributed by atoms with E-state index in [1.807, 2.05) is 6.07 Å². The molecule has 2 aromatic carbocycles. The molecule has 0 saturated heterocycles. The smallest absolute Gasteiger partial charge is 0.261 e. The maximum Gasteiger partial charge on any atom is 0.261 e. The van der Waals surface area contributed by atoms with Crippen LogP contribution in [0, 0.1) is 5.82 Å². The van der Waals surface area contributed by atoms with Crippen molar-refractivity contribution in [2.24, 2.45) is 0 Å². The molecule has 0 aliphatic heterocycles. The molecule has 0 radical (unpaired) electrons. The predicted molar refractivity (Wildman–Crippen MR) is 81.4 cm³/mol. The summed E-state index contributed by atoms with van der Waals surface area (Å²) in [7, 11) is -2.02. The Morgan fingerprint density at radius 3 is 2.62 bits per heavy atom. The summed E-state index contributed by atoms with van der Waals surface area (Å²) in [6, 6.07) is 10.0. The van der Waals surface area contributed by atoms with Gasteiger partial charge in [0, 0.05) is 11.6 Å². The normalized spacial score (nSPS) is 11.4. The maximum absolute atomic E-state index is 13.2. The lowest BCUT2D eigenvalue weighted by molar-refractivity contribution is 0.601. The Labute approximate surface area is 128 Å². The molecule has 112 valence electrons. The molecule has 0 amide bonds. The summed E-state index contributed by atoms with van der Waals surface area (Å²) in [5.74, 6) is -0.607. The van der Waals surface area contributed by atoms with E-state index >= 15 is 0 Å². The number of nitrogens with one attached hydrogen (secondary N) is 2. The van der Waals surface area contributed by atoms with E-state index in [-0.39, 0.29) is 15.6 Å². The van der Waals surface area contributed by atoms with Crippen molar-refractivity contribution >= 4 is 27.3 Å². The molecular formula is C14H14ClFN2O2S. The molecule has 0 aliphatic rings. The molecule has 0 heterocycles. The molecule has 7 heteroatoms. The quantitative estimate of drug-likeness (QED) is 0.887. The Hall–Kier alpha value is -1.63. The van der Waals surface area contributed by atoms with Crippen molar-refractivity contribution in [3.05, 3.63) is 58.9 Å². The fourth-order valence-electron chi connectivity index (χ4n) is 1.85. The predicted octanol–water partition coefficient (Wildman–Crippen LogP) is 3.00. The Bertz CT molecular complexity index is 730. The van der Waals surface area contributed by atoms with E-state index in [1.165, 1.54) is 12.1 Å². The van der Waals surface area contributed by atoms with Crippen molar-refractivity contribution in [2.45, 2.75) is 11.4 Å². The summed E-state index contributed by atoms with van der Waals surface area (Å²) >= 11 is 5.71. The van der Waals surface area contributed by atoms with Crippen LogP contribution in [0.4, 0.5) is 10.1 Å². The van der Waals surface area contributed by atoms with Crippen LogP contribution in [0.3, 0.4) is 0 Å². The fourth-order valence-corrected chi connectivity index (χ4v) is 3.19. The highest BCUT2D eigenvalue weighted by atomic mass is 35.5. The molecule has 21 heavy (non-hydrogen) atoms. The highest BCUT2D eigenvalue weighted by Gasteiger charge is 2.15. The van der Waals surface area contributed by atoms with Gasteiger partial charge in [-0.2, -0.15) is 0 Å². The summed E-state index contributed by atoms with van der Waals surface area (Å²) in [5, 5.41) is 3.07. The van der Waals surface area contributed by atoms with Gasteiger partial charge in [-0.3, -0.25) is 4.72 Å². The summed E-state index contributed by atoms with van der Waals surface area (Å²) in [6.07, 6.45) is 0. The number of hydrogen-bond donors (Lipinski definition) is 2. The number of rotatable bonds is 5. The fraction of sp³-hybridized carbons (Fsp3) is 0.143. The van der Waals surface area contributed by atoms with E-state index in [9.17, 15) is 12.8 Å². The standard InChI is InChI=1S/C14H14ClFN2O2S/c1-17-9-10-3-2-4-14(5-10)21(19,20)18-13-7-11(15)6-12(16)8-13/h2-8,17-18H,9H2,1H3. The maximum atomic E-state index is 13.2. The van der Waals surface area contributed by atoms with Gasteiger partial charge >= 0.3 is 0 Å². The van der Waals surface area contributed by atoms with E-state index in [0.29, 0.717) is 6.54 Å². The summed E-state index contributed by atoms with van der Waals surface area (Å²) in [6.45, 7) is 0.551. The van der Waals surface area contributed by atoms with Crippen molar-refractivity contribution in [3.63, 3.8) is 0 Å². The molecule has 0 bridgehead atoms. The second-order valence-corrected chi connectivity index (χ2v) is 6.56. The minimum Gasteiger partial charge on any atom is -0.316 e. The van der Waals surface area contributed by atoms with Gasteiger partial charge in [-0.1, -0.05) is 23.7 Å². The molecule has 0 saturated carbocycles. The Morgan fingerprint density at radius 1 is 1.19 bits per heavy atom. The summed E-state index contributed by atoms with van der Waals surface area (Å²) in [4.78, 5) is 0.107. The highest BCUT2D eigenvalue weighted by Crippen LogP contribution is 2.21. The number of benzene rings is 2. The van der Waals surface area contributed by atoms with Crippen LogP contribution in [0.1, 0.15) is 5.56 Å². The average Bonchev–Trinajstić information content (AvgIpc) is 2.37. The van der Waals surface area contributed by atoms with Gasteiger partial charge in [0.05, 0.1) is 10.6 Å². The second-order valence-electron chi connectivity index (χ2n) is 4.44. The molecule has 2 N–H and O–H groups in total. The topological polar surface area (TPSA) is 58.2 Å². The Morgan fingerprint density at radius 2 is 1.95 bits per heavy atom. The molecule has 0 fully saturated rings. The van der Waals surface area contributed by atoms with Crippen LogP contribution in [0.2, 0.25) is 5.02 Å². The van der Waals surface area contributed by atoms with Crippen LogP contribution in [0.15, 0.2) is 47.4 Å². The zero-order valence-corrected chi connectivity index (χ0v) is 12.8. The highest BCUT2D eigenvalue weighted by molar-refractivity contribution is 7.92. The lowest BCUT2D eigenvalue weighted by Crippen LogP contribution is -2.14. The van der Waals surface area contributed by atoms with E-state index < -0.39 is 15.8 Å². The van der Waals surface area contributed by atoms with Gasteiger partial charge < -0.3 is 5.32 Å². The molecule has 0 aromatic heterocycles. The Balaban J connectivity index is 2.31. The lowest BCUT2D eigenvalue weighted by Gasteiger charge is -2.10. The van der Waals surface area contributed by atoms with Gasteiger partial charge in [-0.15, -0.1) is 0 Å². The Kier molecular flexibility index (Phi) is 4.82. The summed E-state index contributed by atoms with van der Waals surface area (Å²) in [5.41, 5.74) is 0.914. The first-order valence-electron chi connectivity index (χ1n) is 6.13. The van der Waals surface area contributed by atoms with Gasteiger partial charge in [0.15, 0.2) is 0 Å². The van der Waals surface area contributed by atoms with Crippen molar-refractivity contribution in [2.75, 3.05) is 11.8 Å². The zero-order chi connectivity index (χ0) is 15.5. The monoisotopic (exact) mass is 328 g/mol. The number of anilines is 1. The SMILES string of the molecule is CNCc1cccc(S(=O)(=O)Nc2cc(F)cc(Cl)c2)c1. The van der Waals surface area contributed by atoms with Gasteiger partial charge in [-0.25, -0.2) is 12.8 Å². The van der Waals surface area contributed by atoms with Gasteiger partial charge in [0.25, 0.3) is 10.0 Å².